The molecule has 1 unspecified atom stereocenters. The minimum Gasteiger partial charge on any atom is -0.382 e. The highest BCUT2D eigenvalue weighted by Crippen LogP contribution is 2.38. The second kappa shape index (κ2) is 4.63. The molecule has 3 nitrogen and oxygen atoms in total. The van der Waals surface area contributed by atoms with Gasteiger partial charge >= 0.3 is 6.18 Å². The molecule has 1 saturated carbocycles. The molecule has 1 heterocycles. The zero-order valence-electron chi connectivity index (χ0n) is 10.5. The number of alkyl halides is 3. The lowest BCUT2D eigenvalue weighted by Crippen LogP contribution is -2.10. The van der Waals surface area contributed by atoms with E-state index in [9.17, 15) is 18.3 Å². The molecule has 1 N–H and O–H groups in total. The van der Waals surface area contributed by atoms with E-state index in [1.165, 1.54) is 18.3 Å². The van der Waals surface area contributed by atoms with Gasteiger partial charge in [-0.1, -0.05) is 12.1 Å². The third kappa shape index (κ3) is 2.43. The summed E-state index contributed by atoms with van der Waals surface area (Å²) in [7, 11) is 0. The van der Waals surface area contributed by atoms with Gasteiger partial charge in [0.05, 0.1) is 23.8 Å². The Morgan fingerprint density at radius 3 is 2.70 bits per heavy atom. The highest BCUT2D eigenvalue weighted by molar-refractivity contribution is 5.31. The standard InChI is InChI=1S/C14H13F3N2O/c15-14(16,17)10-3-1-2-9(6-10)13(20)12-7-18-8-19(12)11-4-5-11/h1-3,6-8,11,13,20H,4-5H2. The van der Waals surface area contributed by atoms with Crippen molar-refractivity contribution in [1.82, 2.24) is 9.55 Å². The fourth-order valence-electron chi connectivity index (χ4n) is 2.24. The van der Waals surface area contributed by atoms with Crippen LogP contribution in [0.4, 0.5) is 13.2 Å². The van der Waals surface area contributed by atoms with Crippen LogP contribution >= 0.6 is 0 Å². The summed E-state index contributed by atoms with van der Waals surface area (Å²) < 4.78 is 39.9. The summed E-state index contributed by atoms with van der Waals surface area (Å²) in [6, 6.07) is 5.08. The molecule has 0 amide bonds. The maximum atomic E-state index is 12.7. The highest BCUT2D eigenvalue weighted by atomic mass is 19.4. The van der Waals surface area contributed by atoms with Crippen molar-refractivity contribution in [3.63, 3.8) is 0 Å². The summed E-state index contributed by atoms with van der Waals surface area (Å²) in [6.45, 7) is 0. The van der Waals surface area contributed by atoms with Gasteiger partial charge in [-0.3, -0.25) is 0 Å². The van der Waals surface area contributed by atoms with Crippen LogP contribution in [0.5, 0.6) is 0 Å². The fourth-order valence-corrected chi connectivity index (χ4v) is 2.24. The largest absolute Gasteiger partial charge is 0.416 e. The van der Waals surface area contributed by atoms with Gasteiger partial charge in [-0.15, -0.1) is 0 Å². The van der Waals surface area contributed by atoms with Gasteiger partial charge in [-0.25, -0.2) is 4.98 Å². The van der Waals surface area contributed by atoms with Crippen LogP contribution in [0.2, 0.25) is 0 Å². The summed E-state index contributed by atoms with van der Waals surface area (Å²) in [4.78, 5) is 3.98. The molecule has 1 atom stereocenters. The van der Waals surface area contributed by atoms with Gasteiger partial charge in [0.15, 0.2) is 0 Å². The second-order valence-electron chi connectivity index (χ2n) is 4.98. The lowest BCUT2D eigenvalue weighted by atomic mass is 10.0. The summed E-state index contributed by atoms with van der Waals surface area (Å²) in [6.07, 6.45) is -0.364. The molecular formula is C14H13F3N2O. The Morgan fingerprint density at radius 1 is 1.30 bits per heavy atom. The molecule has 3 rings (SSSR count). The van der Waals surface area contributed by atoms with Gasteiger partial charge in [-0.2, -0.15) is 13.2 Å². The molecular weight excluding hydrogens is 269 g/mol. The van der Waals surface area contributed by atoms with Gasteiger partial charge in [-0.05, 0) is 30.5 Å². The first-order valence-electron chi connectivity index (χ1n) is 6.34. The molecule has 0 radical (unpaired) electrons. The third-order valence-corrected chi connectivity index (χ3v) is 3.45. The first kappa shape index (κ1) is 13.2. The van der Waals surface area contributed by atoms with Gasteiger partial charge in [0, 0.05) is 6.04 Å². The van der Waals surface area contributed by atoms with Crippen LogP contribution in [-0.2, 0) is 6.18 Å². The average molecular weight is 282 g/mol. The van der Waals surface area contributed by atoms with Gasteiger partial charge in [0.25, 0.3) is 0 Å². The zero-order chi connectivity index (χ0) is 14.3. The molecule has 0 aliphatic heterocycles. The van der Waals surface area contributed by atoms with Crippen LogP contribution in [-0.4, -0.2) is 14.7 Å². The van der Waals surface area contributed by atoms with Crippen molar-refractivity contribution in [3.05, 3.63) is 53.6 Å². The van der Waals surface area contributed by atoms with Crippen molar-refractivity contribution in [2.24, 2.45) is 0 Å². The molecule has 1 aromatic carbocycles. The SMILES string of the molecule is OC(c1cccc(C(F)(F)F)c1)c1cncn1C1CC1. The first-order chi connectivity index (χ1) is 9.47. The van der Waals surface area contributed by atoms with E-state index in [0.717, 1.165) is 25.0 Å². The molecule has 0 bridgehead atoms. The van der Waals surface area contributed by atoms with Crippen LogP contribution in [0.3, 0.4) is 0 Å². The zero-order valence-corrected chi connectivity index (χ0v) is 10.5. The summed E-state index contributed by atoms with van der Waals surface area (Å²) >= 11 is 0. The first-order valence-corrected chi connectivity index (χ1v) is 6.34. The number of aromatic nitrogens is 2. The number of aliphatic hydroxyl groups excluding tert-OH is 1. The number of aliphatic hydroxyl groups is 1. The van der Waals surface area contributed by atoms with Crippen LogP contribution in [0.15, 0.2) is 36.8 Å². The average Bonchev–Trinajstić information content (AvgIpc) is 3.15. The number of imidazole rings is 1. The van der Waals surface area contributed by atoms with E-state index in [-0.39, 0.29) is 5.56 Å². The fraction of sp³-hybridized carbons (Fsp3) is 0.357. The van der Waals surface area contributed by atoms with Crippen LogP contribution in [0.25, 0.3) is 0 Å². The number of benzene rings is 1. The second-order valence-corrected chi connectivity index (χ2v) is 4.98. The predicted octanol–water partition coefficient (Wildman–Crippen LogP) is 3.32. The van der Waals surface area contributed by atoms with E-state index in [1.807, 2.05) is 4.57 Å². The van der Waals surface area contributed by atoms with E-state index in [0.29, 0.717) is 11.7 Å². The summed E-state index contributed by atoms with van der Waals surface area (Å²) in [5.74, 6) is 0. The molecule has 106 valence electrons. The van der Waals surface area contributed by atoms with Crippen molar-refractivity contribution in [1.29, 1.82) is 0 Å². The number of nitrogens with zero attached hydrogens (tertiary/aromatic N) is 2. The Balaban J connectivity index is 1.94. The molecule has 1 aromatic heterocycles. The number of hydrogen-bond acceptors (Lipinski definition) is 2. The molecule has 0 spiro atoms. The van der Waals surface area contributed by atoms with Crippen LogP contribution in [0.1, 0.15) is 41.8 Å². The van der Waals surface area contributed by atoms with E-state index in [1.54, 1.807) is 6.33 Å². The van der Waals surface area contributed by atoms with Crippen molar-refractivity contribution < 1.29 is 18.3 Å². The molecule has 2 aromatic rings. The lowest BCUT2D eigenvalue weighted by molar-refractivity contribution is -0.137. The van der Waals surface area contributed by atoms with Crippen LogP contribution < -0.4 is 0 Å². The lowest BCUT2D eigenvalue weighted by Gasteiger charge is -2.15. The number of halogens is 3. The van der Waals surface area contributed by atoms with Gasteiger partial charge in [0.2, 0.25) is 0 Å². The van der Waals surface area contributed by atoms with E-state index in [4.69, 9.17) is 0 Å². The molecule has 20 heavy (non-hydrogen) atoms. The Morgan fingerprint density at radius 2 is 2.05 bits per heavy atom. The Kier molecular flexibility index (Phi) is 3.05. The minimum absolute atomic E-state index is 0.224. The van der Waals surface area contributed by atoms with E-state index >= 15 is 0 Å². The van der Waals surface area contributed by atoms with Crippen molar-refractivity contribution >= 4 is 0 Å². The maximum Gasteiger partial charge on any atom is 0.416 e. The molecule has 0 saturated heterocycles. The molecule has 1 fully saturated rings. The monoisotopic (exact) mass is 282 g/mol. The number of rotatable bonds is 3. The predicted molar refractivity (Wildman–Crippen MR) is 66.0 cm³/mol. The quantitative estimate of drug-likeness (QED) is 0.937. The van der Waals surface area contributed by atoms with Crippen molar-refractivity contribution in [2.45, 2.75) is 31.2 Å². The normalized spacial score (nSPS) is 17.2. The third-order valence-electron chi connectivity index (χ3n) is 3.45. The van der Waals surface area contributed by atoms with Crippen molar-refractivity contribution in [3.8, 4) is 0 Å². The summed E-state index contributed by atoms with van der Waals surface area (Å²) in [5, 5.41) is 10.3. The minimum atomic E-state index is -4.41. The topological polar surface area (TPSA) is 38.1 Å². The highest BCUT2D eigenvalue weighted by Gasteiger charge is 2.32. The number of hydrogen-bond donors (Lipinski definition) is 1. The Bertz CT molecular complexity index is 617. The molecule has 1 aliphatic carbocycles. The summed E-state index contributed by atoms with van der Waals surface area (Å²) in [5.41, 5.74) is 0.000543. The van der Waals surface area contributed by atoms with Gasteiger partial charge < -0.3 is 9.67 Å². The van der Waals surface area contributed by atoms with E-state index < -0.39 is 17.8 Å². The Labute approximate surface area is 113 Å². The molecule has 1 aliphatic rings. The van der Waals surface area contributed by atoms with Crippen molar-refractivity contribution in [2.75, 3.05) is 0 Å². The van der Waals surface area contributed by atoms with Crippen LogP contribution in [0, 0.1) is 0 Å². The maximum absolute atomic E-state index is 12.7. The Hall–Kier alpha value is -1.82. The molecule has 6 heteroatoms. The van der Waals surface area contributed by atoms with E-state index in [2.05, 4.69) is 4.98 Å². The smallest absolute Gasteiger partial charge is 0.382 e. The van der Waals surface area contributed by atoms with Gasteiger partial charge in [0.1, 0.15) is 6.10 Å².